The molecule has 0 N–H and O–H groups in total. The molecule has 3 heteroatoms. The Bertz CT molecular complexity index is 3340. The second kappa shape index (κ2) is 10.6. The molecule has 11 aromatic rings. The normalized spacial score (nSPS) is 13.5. The lowest BCUT2D eigenvalue weighted by atomic mass is 9.80. The third kappa shape index (κ3) is 3.75. The first-order valence-corrected chi connectivity index (χ1v) is 18.8. The van der Waals surface area contributed by atoms with E-state index in [1.165, 1.54) is 71.6 Å². The Morgan fingerprint density at radius 2 is 1.02 bits per heavy atom. The molecule has 1 aliphatic carbocycles. The van der Waals surface area contributed by atoms with E-state index in [2.05, 4.69) is 187 Å². The highest BCUT2D eigenvalue weighted by Crippen LogP contribution is 2.58. The Labute approximate surface area is 311 Å². The second-order valence-electron chi connectivity index (χ2n) is 15.2. The standard InChI is InChI=1S/C51H34N2O/c1-51(2)40-23-10-6-18-37(40)44-47(51)45-38-19-7-11-24-41(38)52(32-15-4-3-5-16-32)49(45)46-39-20-8-12-25-42(39)53(48(44)46)33-29-27-31(28-30-33)34-21-14-22-36-35-17-9-13-26-43(35)54-50(34)36/h3-30H,1-2H3. The van der Waals surface area contributed by atoms with Crippen LogP contribution in [0.25, 0.3) is 99.2 Å². The van der Waals surface area contributed by atoms with Crippen molar-refractivity contribution in [2.24, 2.45) is 0 Å². The van der Waals surface area contributed by atoms with Gasteiger partial charge in [0.15, 0.2) is 0 Å². The summed E-state index contributed by atoms with van der Waals surface area (Å²) in [5, 5.41) is 7.45. The number of hydrogen-bond donors (Lipinski definition) is 0. The molecule has 3 heterocycles. The summed E-state index contributed by atoms with van der Waals surface area (Å²) in [5.74, 6) is 0. The maximum absolute atomic E-state index is 6.46. The zero-order chi connectivity index (χ0) is 35.7. The first kappa shape index (κ1) is 29.7. The molecule has 0 spiro atoms. The van der Waals surface area contributed by atoms with Gasteiger partial charge in [0.2, 0.25) is 0 Å². The number of nitrogens with zero attached hydrogens (tertiary/aromatic N) is 2. The van der Waals surface area contributed by atoms with Crippen molar-refractivity contribution in [1.29, 1.82) is 0 Å². The van der Waals surface area contributed by atoms with E-state index in [9.17, 15) is 0 Å². The molecule has 0 unspecified atom stereocenters. The van der Waals surface area contributed by atoms with Crippen LogP contribution >= 0.6 is 0 Å². The molecule has 3 nitrogen and oxygen atoms in total. The average Bonchev–Trinajstić information content (AvgIpc) is 3.94. The summed E-state index contributed by atoms with van der Waals surface area (Å²) >= 11 is 0. The first-order chi connectivity index (χ1) is 26.6. The van der Waals surface area contributed by atoms with Crippen molar-refractivity contribution >= 4 is 65.6 Å². The van der Waals surface area contributed by atoms with E-state index in [0.717, 1.165) is 38.8 Å². The van der Waals surface area contributed by atoms with Gasteiger partial charge >= 0.3 is 0 Å². The monoisotopic (exact) mass is 690 g/mol. The van der Waals surface area contributed by atoms with Crippen molar-refractivity contribution in [3.05, 3.63) is 181 Å². The number of hydrogen-bond acceptors (Lipinski definition) is 1. The fourth-order valence-corrected chi connectivity index (χ4v) is 9.84. The molecule has 8 aromatic carbocycles. The largest absolute Gasteiger partial charge is 0.455 e. The highest BCUT2D eigenvalue weighted by Gasteiger charge is 2.41. The topological polar surface area (TPSA) is 23.0 Å². The molecule has 0 atom stereocenters. The molecule has 3 aromatic heterocycles. The van der Waals surface area contributed by atoms with Gasteiger partial charge in [-0.3, -0.25) is 0 Å². The van der Waals surface area contributed by atoms with Gasteiger partial charge in [-0.2, -0.15) is 0 Å². The number of aromatic nitrogens is 2. The highest BCUT2D eigenvalue weighted by atomic mass is 16.3. The predicted octanol–water partition coefficient (Wildman–Crippen LogP) is 13.8. The van der Waals surface area contributed by atoms with Gasteiger partial charge < -0.3 is 13.6 Å². The summed E-state index contributed by atoms with van der Waals surface area (Å²) in [4.78, 5) is 0. The Balaban J connectivity index is 1.23. The summed E-state index contributed by atoms with van der Waals surface area (Å²) in [7, 11) is 0. The maximum atomic E-state index is 6.46. The second-order valence-corrected chi connectivity index (χ2v) is 15.2. The van der Waals surface area contributed by atoms with Crippen LogP contribution < -0.4 is 0 Å². The fraction of sp³-hybridized carbons (Fsp3) is 0.0588. The molecule has 254 valence electrons. The summed E-state index contributed by atoms with van der Waals surface area (Å²) in [6.07, 6.45) is 0. The van der Waals surface area contributed by atoms with E-state index in [0.29, 0.717) is 0 Å². The highest BCUT2D eigenvalue weighted by molar-refractivity contribution is 6.31. The van der Waals surface area contributed by atoms with Crippen LogP contribution in [0.1, 0.15) is 25.0 Å². The molecule has 0 bridgehead atoms. The lowest BCUT2D eigenvalue weighted by molar-refractivity contribution is 0.667. The molecule has 0 amide bonds. The number of fused-ring (bicyclic) bond motifs is 15. The van der Waals surface area contributed by atoms with Gasteiger partial charge in [-0.05, 0) is 64.7 Å². The summed E-state index contributed by atoms with van der Waals surface area (Å²) < 4.78 is 11.5. The van der Waals surface area contributed by atoms with E-state index in [4.69, 9.17) is 4.42 Å². The van der Waals surface area contributed by atoms with Crippen molar-refractivity contribution in [3.8, 4) is 33.6 Å². The molecule has 0 saturated heterocycles. The Hall–Kier alpha value is -6.84. The zero-order valence-electron chi connectivity index (χ0n) is 30.0. The molecular weight excluding hydrogens is 657 g/mol. The minimum atomic E-state index is -0.222. The molecule has 0 saturated carbocycles. The van der Waals surface area contributed by atoms with Crippen molar-refractivity contribution in [1.82, 2.24) is 9.13 Å². The van der Waals surface area contributed by atoms with E-state index in [1.807, 2.05) is 6.07 Å². The van der Waals surface area contributed by atoms with Gasteiger partial charge in [-0.25, -0.2) is 0 Å². The SMILES string of the molecule is CC1(C)c2ccccc2-c2c1c1c3ccccc3n(-c3ccccc3)c1c1c3ccccc3n(-c3ccc(-c4cccc5c4oc4ccccc45)cc3)c21. The number of benzene rings is 8. The van der Waals surface area contributed by atoms with Crippen molar-refractivity contribution in [2.75, 3.05) is 0 Å². The van der Waals surface area contributed by atoms with E-state index >= 15 is 0 Å². The molecule has 0 radical (unpaired) electrons. The van der Waals surface area contributed by atoms with Crippen LogP contribution in [0.2, 0.25) is 0 Å². The Morgan fingerprint density at radius 3 is 1.80 bits per heavy atom. The fourth-order valence-electron chi connectivity index (χ4n) is 9.84. The Kier molecular flexibility index (Phi) is 5.84. The van der Waals surface area contributed by atoms with Crippen LogP contribution in [-0.2, 0) is 5.41 Å². The van der Waals surface area contributed by atoms with Crippen LogP contribution in [0.4, 0.5) is 0 Å². The van der Waals surface area contributed by atoms with Gasteiger partial charge in [-0.1, -0.05) is 141 Å². The quantitative estimate of drug-likeness (QED) is 0.181. The van der Waals surface area contributed by atoms with Crippen LogP contribution in [0, 0.1) is 0 Å². The lowest BCUT2D eigenvalue weighted by Crippen LogP contribution is -2.15. The van der Waals surface area contributed by atoms with Gasteiger partial charge in [0.1, 0.15) is 11.2 Å². The van der Waals surface area contributed by atoms with Gasteiger partial charge in [0.05, 0.1) is 22.1 Å². The molecule has 0 aliphatic heterocycles. The van der Waals surface area contributed by atoms with Crippen molar-refractivity contribution < 1.29 is 4.42 Å². The van der Waals surface area contributed by atoms with Gasteiger partial charge in [0, 0.05) is 60.2 Å². The van der Waals surface area contributed by atoms with E-state index in [1.54, 1.807) is 0 Å². The average molecular weight is 691 g/mol. The van der Waals surface area contributed by atoms with Gasteiger partial charge in [0.25, 0.3) is 0 Å². The minimum absolute atomic E-state index is 0.222. The van der Waals surface area contributed by atoms with Crippen molar-refractivity contribution in [3.63, 3.8) is 0 Å². The minimum Gasteiger partial charge on any atom is -0.455 e. The molecule has 54 heavy (non-hydrogen) atoms. The van der Waals surface area contributed by atoms with Gasteiger partial charge in [-0.15, -0.1) is 0 Å². The Morgan fingerprint density at radius 1 is 0.444 bits per heavy atom. The third-order valence-electron chi connectivity index (χ3n) is 12.1. The maximum Gasteiger partial charge on any atom is 0.143 e. The third-order valence-corrected chi connectivity index (χ3v) is 12.1. The van der Waals surface area contributed by atoms with Crippen molar-refractivity contribution in [2.45, 2.75) is 19.3 Å². The zero-order valence-corrected chi connectivity index (χ0v) is 30.0. The first-order valence-electron chi connectivity index (χ1n) is 18.8. The predicted molar refractivity (Wildman–Crippen MR) is 225 cm³/mol. The van der Waals surface area contributed by atoms with E-state index in [-0.39, 0.29) is 5.41 Å². The van der Waals surface area contributed by atoms with Crippen LogP contribution in [0.5, 0.6) is 0 Å². The molecular formula is C51H34N2O. The molecule has 0 fully saturated rings. The molecule has 1 aliphatic rings. The van der Waals surface area contributed by atoms with Crippen LogP contribution in [0.3, 0.4) is 0 Å². The molecule has 12 rings (SSSR count). The van der Waals surface area contributed by atoms with Crippen LogP contribution in [-0.4, -0.2) is 9.13 Å². The number of rotatable bonds is 3. The van der Waals surface area contributed by atoms with Crippen LogP contribution in [0.15, 0.2) is 174 Å². The summed E-state index contributed by atoms with van der Waals surface area (Å²) in [6.45, 7) is 4.83. The number of para-hydroxylation sites is 5. The summed E-state index contributed by atoms with van der Waals surface area (Å²) in [6, 6.07) is 61.8. The number of furan rings is 1. The summed E-state index contributed by atoms with van der Waals surface area (Å²) in [5.41, 5.74) is 16.5. The smallest absolute Gasteiger partial charge is 0.143 e. The lowest BCUT2D eigenvalue weighted by Gasteiger charge is -2.23. The van der Waals surface area contributed by atoms with E-state index < -0.39 is 0 Å².